The van der Waals surface area contributed by atoms with Crippen LogP contribution in [0.2, 0.25) is 0 Å². The fourth-order valence-electron chi connectivity index (χ4n) is 7.16. The number of hydrogen-bond acceptors (Lipinski definition) is 1. The molecule has 21 heavy (non-hydrogen) atoms. The summed E-state index contributed by atoms with van der Waals surface area (Å²) in [6.45, 7) is 7.53. The van der Waals surface area contributed by atoms with Gasteiger partial charge in [-0.15, -0.1) is 0 Å². The van der Waals surface area contributed by atoms with E-state index < -0.39 is 0 Å². The topological polar surface area (TPSA) is 20.2 Å². The molecule has 4 aliphatic rings. The van der Waals surface area contributed by atoms with Gasteiger partial charge in [0.25, 0.3) is 0 Å². The maximum Gasteiger partial charge on any atom is 0.0551 e. The second-order valence-electron chi connectivity index (χ2n) is 9.39. The molecule has 2 unspecified atom stereocenters. The minimum atomic E-state index is -0.0540. The SMILES string of the molecule is CC1C[C@H]2[C@@H]3CC=C4CCC(O)C[C@]4(C)[C@@H]3CC[C@]2(C)C1. The Balaban J connectivity index is 1.68. The Morgan fingerprint density at radius 3 is 2.76 bits per heavy atom. The third-order valence-corrected chi connectivity index (χ3v) is 8.02. The molecule has 1 N–H and O–H groups in total. The summed E-state index contributed by atoms with van der Waals surface area (Å²) in [6, 6.07) is 0. The Kier molecular flexibility index (Phi) is 3.13. The molecule has 0 heterocycles. The Labute approximate surface area is 130 Å². The zero-order valence-electron chi connectivity index (χ0n) is 14.1. The van der Waals surface area contributed by atoms with E-state index in [9.17, 15) is 5.11 Å². The van der Waals surface area contributed by atoms with Crippen LogP contribution in [-0.4, -0.2) is 11.2 Å². The number of aliphatic hydroxyl groups is 1. The summed E-state index contributed by atoms with van der Waals surface area (Å²) in [6.07, 6.45) is 12.8. The van der Waals surface area contributed by atoms with E-state index in [1.54, 1.807) is 5.57 Å². The molecule has 1 heteroatoms. The lowest BCUT2D eigenvalue weighted by Crippen LogP contribution is -2.49. The normalized spacial score (nSPS) is 56.2. The number of aliphatic hydroxyl groups excluding tert-OH is 1. The minimum absolute atomic E-state index is 0.0540. The highest BCUT2D eigenvalue weighted by Gasteiger charge is 2.56. The van der Waals surface area contributed by atoms with Crippen molar-refractivity contribution in [1.82, 2.24) is 0 Å². The fraction of sp³-hybridized carbons (Fsp3) is 0.900. The van der Waals surface area contributed by atoms with Gasteiger partial charge in [-0.2, -0.15) is 0 Å². The molecule has 3 saturated carbocycles. The van der Waals surface area contributed by atoms with E-state index in [1.807, 2.05) is 0 Å². The second kappa shape index (κ2) is 4.60. The lowest BCUT2D eigenvalue weighted by Gasteiger charge is -2.57. The predicted octanol–water partition coefficient (Wildman–Crippen LogP) is 4.95. The Morgan fingerprint density at radius 2 is 1.95 bits per heavy atom. The highest BCUT2D eigenvalue weighted by Crippen LogP contribution is 2.65. The first kappa shape index (κ1) is 14.3. The van der Waals surface area contributed by atoms with Gasteiger partial charge in [0.15, 0.2) is 0 Å². The lowest BCUT2D eigenvalue weighted by molar-refractivity contribution is -0.0450. The van der Waals surface area contributed by atoms with Gasteiger partial charge in [-0.25, -0.2) is 0 Å². The third-order valence-electron chi connectivity index (χ3n) is 8.02. The van der Waals surface area contributed by atoms with Crippen molar-refractivity contribution in [1.29, 1.82) is 0 Å². The molecule has 1 nitrogen and oxygen atoms in total. The van der Waals surface area contributed by atoms with Gasteiger partial charge in [-0.1, -0.05) is 32.4 Å². The van der Waals surface area contributed by atoms with Crippen molar-refractivity contribution in [2.75, 3.05) is 0 Å². The van der Waals surface area contributed by atoms with Gasteiger partial charge in [0.2, 0.25) is 0 Å². The van der Waals surface area contributed by atoms with Gasteiger partial charge < -0.3 is 5.11 Å². The average molecular weight is 288 g/mol. The molecule has 0 aromatic carbocycles. The van der Waals surface area contributed by atoms with Crippen LogP contribution in [0.1, 0.15) is 72.1 Å². The third kappa shape index (κ3) is 1.99. The zero-order chi connectivity index (χ0) is 14.8. The largest absolute Gasteiger partial charge is 0.393 e. The highest BCUT2D eigenvalue weighted by molar-refractivity contribution is 5.25. The monoisotopic (exact) mass is 288 g/mol. The maximum absolute atomic E-state index is 10.3. The Morgan fingerprint density at radius 1 is 1.14 bits per heavy atom. The smallest absolute Gasteiger partial charge is 0.0551 e. The summed E-state index contributed by atoms with van der Waals surface area (Å²) in [4.78, 5) is 0. The van der Waals surface area contributed by atoms with E-state index in [4.69, 9.17) is 0 Å². The lowest BCUT2D eigenvalue weighted by atomic mass is 9.48. The predicted molar refractivity (Wildman–Crippen MR) is 86.9 cm³/mol. The molecular weight excluding hydrogens is 256 g/mol. The summed E-state index contributed by atoms with van der Waals surface area (Å²) in [5, 5.41) is 10.3. The van der Waals surface area contributed by atoms with E-state index in [0.717, 1.165) is 42.9 Å². The fourth-order valence-corrected chi connectivity index (χ4v) is 7.16. The van der Waals surface area contributed by atoms with Gasteiger partial charge in [0, 0.05) is 0 Å². The molecule has 0 aromatic heterocycles. The van der Waals surface area contributed by atoms with Crippen LogP contribution >= 0.6 is 0 Å². The summed E-state index contributed by atoms with van der Waals surface area (Å²) in [7, 11) is 0. The highest BCUT2D eigenvalue weighted by atomic mass is 16.3. The van der Waals surface area contributed by atoms with Crippen LogP contribution in [0.25, 0.3) is 0 Å². The van der Waals surface area contributed by atoms with Crippen LogP contribution in [0.3, 0.4) is 0 Å². The first-order valence-electron chi connectivity index (χ1n) is 9.30. The minimum Gasteiger partial charge on any atom is -0.393 e. The van der Waals surface area contributed by atoms with Crippen LogP contribution in [0.15, 0.2) is 11.6 Å². The summed E-state index contributed by atoms with van der Waals surface area (Å²) >= 11 is 0. The van der Waals surface area contributed by atoms with Crippen LogP contribution in [0.4, 0.5) is 0 Å². The second-order valence-corrected chi connectivity index (χ2v) is 9.39. The quantitative estimate of drug-likeness (QED) is 0.626. The molecule has 7 atom stereocenters. The van der Waals surface area contributed by atoms with E-state index >= 15 is 0 Å². The first-order valence-corrected chi connectivity index (χ1v) is 9.30. The number of hydrogen-bond donors (Lipinski definition) is 1. The maximum atomic E-state index is 10.3. The molecule has 0 spiro atoms. The molecule has 0 aliphatic heterocycles. The summed E-state index contributed by atoms with van der Waals surface area (Å²) < 4.78 is 0. The van der Waals surface area contributed by atoms with Gasteiger partial charge in [-0.3, -0.25) is 0 Å². The van der Waals surface area contributed by atoms with Crippen LogP contribution in [-0.2, 0) is 0 Å². The molecule has 0 amide bonds. The van der Waals surface area contributed by atoms with E-state index in [1.165, 1.54) is 32.1 Å². The van der Waals surface area contributed by atoms with Crippen molar-refractivity contribution in [3.05, 3.63) is 11.6 Å². The van der Waals surface area contributed by atoms with Crippen molar-refractivity contribution in [2.45, 2.75) is 78.2 Å². The van der Waals surface area contributed by atoms with Crippen LogP contribution in [0, 0.1) is 34.5 Å². The van der Waals surface area contributed by atoms with Gasteiger partial charge in [-0.05, 0) is 85.9 Å². The van der Waals surface area contributed by atoms with Crippen molar-refractivity contribution >= 4 is 0 Å². The summed E-state index contributed by atoms with van der Waals surface area (Å²) in [5.41, 5.74) is 2.63. The first-order chi connectivity index (χ1) is 9.92. The number of fused-ring (bicyclic) bond motifs is 5. The van der Waals surface area contributed by atoms with Crippen molar-refractivity contribution in [2.24, 2.45) is 34.5 Å². The molecule has 4 rings (SSSR count). The molecule has 0 aromatic rings. The standard InChI is InChI=1S/C20H32O/c1-13-10-18-16-7-5-14-4-6-15(21)12-20(14,3)17(16)8-9-19(18,2)11-13/h5,13,15-18,21H,4,6-12H2,1-3H3/t13?,15?,16-,17-,18+,19-,20+/m1/s1. The molecule has 4 aliphatic carbocycles. The summed E-state index contributed by atoms with van der Waals surface area (Å²) in [5.74, 6) is 3.61. The van der Waals surface area contributed by atoms with E-state index in [-0.39, 0.29) is 6.10 Å². The molecule has 118 valence electrons. The Hall–Kier alpha value is -0.300. The van der Waals surface area contributed by atoms with Gasteiger partial charge in [0.1, 0.15) is 0 Å². The van der Waals surface area contributed by atoms with E-state index in [0.29, 0.717) is 10.8 Å². The number of rotatable bonds is 0. The van der Waals surface area contributed by atoms with Gasteiger partial charge >= 0.3 is 0 Å². The van der Waals surface area contributed by atoms with Crippen molar-refractivity contribution < 1.29 is 5.11 Å². The zero-order valence-corrected chi connectivity index (χ0v) is 14.1. The van der Waals surface area contributed by atoms with Gasteiger partial charge in [0.05, 0.1) is 6.10 Å². The number of allylic oxidation sites excluding steroid dienone is 2. The average Bonchev–Trinajstić information content (AvgIpc) is 2.72. The molecular formula is C20H32O. The van der Waals surface area contributed by atoms with Crippen LogP contribution < -0.4 is 0 Å². The van der Waals surface area contributed by atoms with Crippen molar-refractivity contribution in [3.8, 4) is 0 Å². The van der Waals surface area contributed by atoms with Crippen molar-refractivity contribution in [3.63, 3.8) is 0 Å². The molecule has 0 radical (unpaired) electrons. The van der Waals surface area contributed by atoms with E-state index in [2.05, 4.69) is 26.8 Å². The molecule has 0 bridgehead atoms. The molecule has 0 saturated heterocycles. The van der Waals surface area contributed by atoms with Crippen LogP contribution in [0.5, 0.6) is 0 Å². The Bertz CT molecular complexity index is 466. The molecule has 3 fully saturated rings.